The summed E-state index contributed by atoms with van der Waals surface area (Å²) < 4.78 is 5.06. The SMILES string of the molecule is O=C(NC(C(=O)O)C1CC1)c1ccc(-c2nnco2)cc1. The van der Waals surface area contributed by atoms with Gasteiger partial charge in [-0.05, 0) is 43.0 Å². The molecule has 3 rings (SSSR count). The lowest BCUT2D eigenvalue weighted by atomic mass is 10.1. The van der Waals surface area contributed by atoms with Gasteiger partial charge in [0.25, 0.3) is 5.91 Å². The first-order chi connectivity index (χ1) is 10.1. The number of hydrogen-bond acceptors (Lipinski definition) is 5. The van der Waals surface area contributed by atoms with Gasteiger partial charge in [-0.25, -0.2) is 4.79 Å². The number of carboxylic acid groups (broad SMARTS) is 1. The zero-order chi connectivity index (χ0) is 14.8. The second kappa shape index (κ2) is 5.35. The van der Waals surface area contributed by atoms with E-state index in [4.69, 9.17) is 9.52 Å². The molecule has 1 aliphatic carbocycles. The summed E-state index contributed by atoms with van der Waals surface area (Å²) in [5, 5.41) is 19.0. The lowest BCUT2D eigenvalue weighted by molar-refractivity contribution is -0.139. The minimum atomic E-state index is -0.992. The molecule has 1 aromatic heterocycles. The molecule has 0 spiro atoms. The quantitative estimate of drug-likeness (QED) is 0.859. The number of aromatic nitrogens is 2. The van der Waals surface area contributed by atoms with Crippen molar-refractivity contribution < 1.29 is 19.1 Å². The second-order valence-corrected chi connectivity index (χ2v) is 4.95. The van der Waals surface area contributed by atoms with Crippen LogP contribution in [0.5, 0.6) is 0 Å². The Bertz CT molecular complexity index is 647. The molecule has 1 amide bonds. The van der Waals surface area contributed by atoms with Crippen LogP contribution in [0.15, 0.2) is 35.1 Å². The molecule has 2 aromatic rings. The van der Waals surface area contributed by atoms with Gasteiger partial charge >= 0.3 is 5.97 Å². The van der Waals surface area contributed by atoms with Gasteiger partial charge in [-0.3, -0.25) is 4.79 Å². The van der Waals surface area contributed by atoms with Crippen molar-refractivity contribution >= 4 is 11.9 Å². The molecule has 1 heterocycles. The summed E-state index contributed by atoms with van der Waals surface area (Å²) in [4.78, 5) is 23.2. The number of nitrogens with one attached hydrogen (secondary N) is 1. The maximum atomic E-state index is 12.1. The van der Waals surface area contributed by atoms with Crippen LogP contribution in [0.3, 0.4) is 0 Å². The molecule has 2 N–H and O–H groups in total. The van der Waals surface area contributed by atoms with E-state index in [1.54, 1.807) is 24.3 Å². The maximum Gasteiger partial charge on any atom is 0.326 e. The average Bonchev–Trinajstić information content (AvgIpc) is 3.17. The smallest absolute Gasteiger partial charge is 0.326 e. The summed E-state index contributed by atoms with van der Waals surface area (Å²) in [5.41, 5.74) is 1.09. The van der Waals surface area contributed by atoms with Gasteiger partial charge in [0.1, 0.15) is 6.04 Å². The molecule has 7 nitrogen and oxygen atoms in total. The largest absolute Gasteiger partial charge is 0.480 e. The van der Waals surface area contributed by atoms with Crippen LogP contribution < -0.4 is 5.32 Å². The highest BCUT2D eigenvalue weighted by Crippen LogP contribution is 2.32. The predicted molar refractivity (Wildman–Crippen MR) is 71.3 cm³/mol. The van der Waals surface area contributed by atoms with E-state index in [0.717, 1.165) is 12.8 Å². The lowest BCUT2D eigenvalue weighted by Crippen LogP contribution is -2.42. The molecule has 1 saturated carbocycles. The third-order valence-electron chi connectivity index (χ3n) is 3.40. The van der Waals surface area contributed by atoms with E-state index in [9.17, 15) is 9.59 Å². The van der Waals surface area contributed by atoms with Gasteiger partial charge in [0.15, 0.2) is 0 Å². The van der Waals surface area contributed by atoms with Crippen molar-refractivity contribution in [3.63, 3.8) is 0 Å². The summed E-state index contributed by atoms with van der Waals surface area (Å²) in [6.45, 7) is 0. The van der Waals surface area contributed by atoms with Gasteiger partial charge in [-0.15, -0.1) is 10.2 Å². The van der Waals surface area contributed by atoms with E-state index in [2.05, 4.69) is 15.5 Å². The third-order valence-corrected chi connectivity index (χ3v) is 3.40. The van der Waals surface area contributed by atoms with Gasteiger partial charge in [-0.1, -0.05) is 0 Å². The Labute approximate surface area is 120 Å². The highest BCUT2D eigenvalue weighted by molar-refractivity contribution is 5.97. The van der Waals surface area contributed by atoms with Crippen molar-refractivity contribution in [1.29, 1.82) is 0 Å². The van der Waals surface area contributed by atoms with Gasteiger partial charge in [0, 0.05) is 11.1 Å². The molecule has 7 heteroatoms. The summed E-state index contributed by atoms with van der Waals surface area (Å²) in [7, 11) is 0. The number of benzene rings is 1. The third kappa shape index (κ3) is 2.91. The first-order valence-electron chi connectivity index (χ1n) is 6.55. The molecule has 0 aliphatic heterocycles. The topological polar surface area (TPSA) is 105 Å². The lowest BCUT2D eigenvalue weighted by Gasteiger charge is -2.13. The highest BCUT2D eigenvalue weighted by atomic mass is 16.4. The number of nitrogens with zero attached hydrogens (tertiary/aromatic N) is 2. The van der Waals surface area contributed by atoms with Crippen LogP contribution in [-0.2, 0) is 4.79 Å². The summed E-state index contributed by atoms with van der Waals surface area (Å²) >= 11 is 0. The minimum absolute atomic E-state index is 0.0455. The number of carbonyl (C=O) groups is 2. The predicted octanol–water partition coefficient (Wildman–Crippen LogP) is 1.33. The molecule has 21 heavy (non-hydrogen) atoms. The zero-order valence-corrected chi connectivity index (χ0v) is 11.0. The Balaban J connectivity index is 1.71. The summed E-state index contributed by atoms with van der Waals surface area (Å²) in [5.74, 6) is -0.979. The average molecular weight is 287 g/mol. The first kappa shape index (κ1) is 13.3. The van der Waals surface area contributed by atoms with Crippen LogP contribution in [0.1, 0.15) is 23.2 Å². The fourth-order valence-electron chi connectivity index (χ4n) is 2.10. The van der Waals surface area contributed by atoms with Crippen molar-refractivity contribution in [2.75, 3.05) is 0 Å². The fourth-order valence-corrected chi connectivity index (χ4v) is 2.10. The molecule has 0 radical (unpaired) electrons. The number of aliphatic carboxylic acids is 1. The van der Waals surface area contributed by atoms with Crippen LogP contribution in [0.25, 0.3) is 11.5 Å². The van der Waals surface area contributed by atoms with Gasteiger partial charge in [0.05, 0.1) is 0 Å². The number of carboxylic acids is 1. The van der Waals surface area contributed by atoms with Gasteiger partial charge in [-0.2, -0.15) is 0 Å². The van der Waals surface area contributed by atoms with E-state index in [1.165, 1.54) is 6.39 Å². The standard InChI is InChI=1S/C14H13N3O4/c18-12(16-11(14(19)20)8-1-2-8)9-3-5-10(6-4-9)13-17-15-7-21-13/h3-8,11H,1-2H2,(H,16,18)(H,19,20). The molecule has 1 unspecified atom stereocenters. The molecule has 0 saturated heterocycles. The van der Waals surface area contributed by atoms with Crippen LogP contribution >= 0.6 is 0 Å². The van der Waals surface area contributed by atoms with Gasteiger partial charge in [0.2, 0.25) is 12.3 Å². The second-order valence-electron chi connectivity index (χ2n) is 4.95. The normalized spacial score (nSPS) is 15.4. The van der Waals surface area contributed by atoms with Crippen LogP contribution in [0, 0.1) is 5.92 Å². The minimum Gasteiger partial charge on any atom is -0.480 e. The Kier molecular flexibility index (Phi) is 3.39. The summed E-state index contributed by atoms with van der Waals surface area (Å²) in [6.07, 6.45) is 2.91. The van der Waals surface area contributed by atoms with Crippen LogP contribution in [0.2, 0.25) is 0 Å². The molecule has 1 fully saturated rings. The van der Waals surface area contributed by atoms with Crippen molar-refractivity contribution in [2.45, 2.75) is 18.9 Å². The number of rotatable bonds is 5. The first-order valence-corrected chi connectivity index (χ1v) is 6.55. The highest BCUT2D eigenvalue weighted by Gasteiger charge is 2.37. The monoisotopic (exact) mass is 287 g/mol. The van der Waals surface area contributed by atoms with E-state index < -0.39 is 17.9 Å². The maximum absolute atomic E-state index is 12.1. The van der Waals surface area contributed by atoms with Crippen molar-refractivity contribution in [3.05, 3.63) is 36.2 Å². The van der Waals surface area contributed by atoms with Crippen LogP contribution in [0.4, 0.5) is 0 Å². The molecule has 1 atom stereocenters. The number of carbonyl (C=O) groups excluding carboxylic acids is 1. The molecular weight excluding hydrogens is 274 g/mol. The number of amides is 1. The summed E-state index contributed by atoms with van der Waals surface area (Å²) in [6, 6.07) is 5.74. The van der Waals surface area contributed by atoms with E-state index in [1.807, 2.05) is 0 Å². The van der Waals surface area contributed by atoms with E-state index in [0.29, 0.717) is 17.0 Å². The molecular formula is C14H13N3O4. The molecule has 108 valence electrons. The molecule has 1 aliphatic rings. The number of hydrogen-bond donors (Lipinski definition) is 2. The van der Waals surface area contributed by atoms with Crippen molar-refractivity contribution in [1.82, 2.24) is 15.5 Å². The van der Waals surface area contributed by atoms with Crippen LogP contribution in [-0.4, -0.2) is 33.2 Å². The Hall–Kier alpha value is -2.70. The Morgan fingerprint density at radius 3 is 2.52 bits per heavy atom. The zero-order valence-electron chi connectivity index (χ0n) is 11.0. The fraction of sp³-hybridized carbons (Fsp3) is 0.286. The van der Waals surface area contributed by atoms with Gasteiger partial charge < -0.3 is 14.8 Å². The Morgan fingerprint density at radius 2 is 2.00 bits per heavy atom. The van der Waals surface area contributed by atoms with Crippen molar-refractivity contribution in [2.24, 2.45) is 5.92 Å². The van der Waals surface area contributed by atoms with E-state index >= 15 is 0 Å². The molecule has 1 aromatic carbocycles. The Morgan fingerprint density at radius 1 is 1.29 bits per heavy atom. The molecule has 0 bridgehead atoms. The van der Waals surface area contributed by atoms with Crippen molar-refractivity contribution in [3.8, 4) is 11.5 Å². The van der Waals surface area contributed by atoms with E-state index in [-0.39, 0.29) is 5.92 Å².